The molecule has 26 heavy (non-hydrogen) atoms. The number of rotatable bonds is 4. The molecule has 0 radical (unpaired) electrons. The second-order valence-corrected chi connectivity index (χ2v) is 6.30. The number of piperazine rings is 1. The Balaban J connectivity index is 1.55. The summed E-state index contributed by atoms with van der Waals surface area (Å²) < 4.78 is 5.60. The number of carbonyl (C=O) groups is 2. The predicted octanol–water partition coefficient (Wildman–Crippen LogP) is 2.75. The van der Waals surface area contributed by atoms with Crippen LogP contribution in [-0.4, -0.2) is 58.1 Å². The Hall–Kier alpha value is -2.80. The SMILES string of the molecule is O=C(O)N1CCN(C(=O)c2ccc(OCc3cccc(Cl)c3)nc2)CC1. The van der Waals surface area contributed by atoms with Gasteiger partial charge >= 0.3 is 6.09 Å². The van der Waals surface area contributed by atoms with Crippen molar-refractivity contribution in [3.8, 4) is 5.88 Å². The van der Waals surface area contributed by atoms with E-state index in [0.29, 0.717) is 49.3 Å². The first kappa shape index (κ1) is 18.0. The van der Waals surface area contributed by atoms with Crippen LogP contribution >= 0.6 is 11.6 Å². The maximum Gasteiger partial charge on any atom is 0.407 e. The molecule has 7 nitrogen and oxygen atoms in total. The highest BCUT2D eigenvalue weighted by atomic mass is 35.5. The summed E-state index contributed by atoms with van der Waals surface area (Å²) >= 11 is 5.93. The molecule has 1 aromatic carbocycles. The van der Waals surface area contributed by atoms with Crippen molar-refractivity contribution in [3.63, 3.8) is 0 Å². The molecule has 136 valence electrons. The quantitative estimate of drug-likeness (QED) is 0.888. The Labute approximate surface area is 155 Å². The number of carboxylic acid groups (broad SMARTS) is 1. The number of hydrogen-bond donors (Lipinski definition) is 1. The number of hydrogen-bond acceptors (Lipinski definition) is 4. The topological polar surface area (TPSA) is 83.0 Å². The first-order valence-electron chi connectivity index (χ1n) is 8.13. The molecule has 0 atom stereocenters. The molecule has 1 N–H and O–H groups in total. The van der Waals surface area contributed by atoms with Crippen LogP contribution in [0.5, 0.6) is 5.88 Å². The molecule has 3 rings (SSSR count). The van der Waals surface area contributed by atoms with Gasteiger partial charge in [0.2, 0.25) is 5.88 Å². The Morgan fingerprint density at radius 1 is 1.12 bits per heavy atom. The van der Waals surface area contributed by atoms with Gasteiger partial charge in [-0.2, -0.15) is 0 Å². The van der Waals surface area contributed by atoms with Crippen LogP contribution in [0.1, 0.15) is 15.9 Å². The van der Waals surface area contributed by atoms with Gasteiger partial charge in [0.05, 0.1) is 5.56 Å². The van der Waals surface area contributed by atoms with Gasteiger partial charge in [0.1, 0.15) is 6.61 Å². The Morgan fingerprint density at radius 3 is 2.46 bits per heavy atom. The number of nitrogens with zero attached hydrogens (tertiary/aromatic N) is 3. The van der Waals surface area contributed by atoms with Crippen molar-refractivity contribution in [1.29, 1.82) is 0 Å². The minimum absolute atomic E-state index is 0.163. The van der Waals surface area contributed by atoms with E-state index < -0.39 is 6.09 Å². The van der Waals surface area contributed by atoms with Crippen molar-refractivity contribution in [2.45, 2.75) is 6.61 Å². The molecule has 1 aliphatic heterocycles. The van der Waals surface area contributed by atoms with Gasteiger partial charge < -0.3 is 19.6 Å². The smallest absolute Gasteiger partial charge is 0.407 e. The molecule has 2 amide bonds. The van der Waals surface area contributed by atoms with Gasteiger partial charge in [-0.1, -0.05) is 23.7 Å². The Bertz CT molecular complexity index is 789. The molecular weight excluding hydrogens is 358 g/mol. The molecule has 2 aromatic rings. The van der Waals surface area contributed by atoms with E-state index in [0.717, 1.165) is 5.56 Å². The fourth-order valence-corrected chi connectivity index (χ4v) is 2.87. The molecule has 1 aromatic heterocycles. The number of benzene rings is 1. The van der Waals surface area contributed by atoms with Crippen LogP contribution < -0.4 is 4.74 Å². The van der Waals surface area contributed by atoms with Crippen molar-refractivity contribution in [2.24, 2.45) is 0 Å². The van der Waals surface area contributed by atoms with E-state index in [1.165, 1.54) is 11.1 Å². The second kappa shape index (κ2) is 8.05. The minimum Gasteiger partial charge on any atom is -0.473 e. The molecule has 0 aliphatic carbocycles. The third-order valence-electron chi connectivity index (χ3n) is 4.10. The largest absolute Gasteiger partial charge is 0.473 e. The standard InChI is InChI=1S/C18H18ClN3O4/c19-15-3-1-2-13(10-15)12-26-16-5-4-14(11-20-16)17(23)21-6-8-22(9-7-21)18(24)25/h1-5,10-11H,6-9,12H2,(H,24,25). The van der Waals surface area contributed by atoms with Crippen molar-refractivity contribution in [2.75, 3.05) is 26.2 Å². The lowest BCUT2D eigenvalue weighted by atomic mass is 10.2. The van der Waals surface area contributed by atoms with Crippen LogP contribution in [0.4, 0.5) is 4.79 Å². The normalized spacial score (nSPS) is 14.2. The van der Waals surface area contributed by atoms with Crippen LogP contribution in [0.3, 0.4) is 0 Å². The number of halogens is 1. The van der Waals surface area contributed by atoms with Crippen molar-refractivity contribution in [1.82, 2.24) is 14.8 Å². The van der Waals surface area contributed by atoms with Crippen molar-refractivity contribution in [3.05, 3.63) is 58.7 Å². The third-order valence-corrected chi connectivity index (χ3v) is 4.33. The Morgan fingerprint density at radius 2 is 1.85 bits per heavy atom. The maximum atomic E-state index is 12.5. The van der Waals surface area contributed by atoms with Crippen LogP contribution in [0.25, 0.3) is 0 Å². The molecule has 0 unspecified atom stereocenters. The number of aromatic nitrogens is 1. The molecule has 0 saturated carbocycles. The fraction of sp³-hybridized carbons (Fsp3) is 0.278. The lowest BCUT2D eigenvalue weighted by molar-refractivity contribution is 0.0624. The Kier molecular flexibility index (Phi) is 5.58. The van der Waals surface area contributed by atoms with Gasteiger partial charge in [0.15, 0.2) is 0 Å². The lowest BCUT2D eigenvalue weighted by Gasteiger charge is -2.33. The van der Waals surface area contributed by atoms with Crippen molar-refractivity contribution >= 4 is 23.6 Å². The summed E-state index contributed by atoms with van der Waals surface area (Å²) in [5.41, 5.74) is 1.37. The molecule has 1 aliphatic rings. The zero-order valence-corrected chi connectivity index (χ0v) is 14.7. The summed E-state index contributed by atoms with van der Waals surface area (Å²) in [4.78, 5) is 30.5. The average Bonchev–Trinajstić information content (AvgIpc) is 2.66. The maximum absolute atomic E-state index is 12.5. The summed E-state index contributed by atoms with van der Waals surface area (Å²) in [5.74, 6) is 0.251. The van der Waals surface area contributed by atoms with E-state index in [4.69, 9.17) is 21.4 Å². The number of pyridine rings is 1. The van der Waals surface area contributed by atoms with Crippen LogP contribution in [0.15, 0.2) is 42.6 Å². The van der Waals surface area contributed by atoms with Gasteiger partial charge in [0, 0.05) is 43.5 Å². The van der Waals surface area contributed by atoms with E-state index in [9.17, 15) is 9.59 Å². The molecule has 0 bridgehead atoms. The molecular formula is C18H18ClN3O4. The summed E-state index contributed by atoms with van der Waals surface area (Å²) in [5, 5.41) is 9.59. The summed E-state index contributed by atoms with van der Waals surface area (Å²) in [7, 11) is 0. The first-order chi connectivity index (χ1) is 12.5. The zero-order chi connectivity index (χ0) is 18.5. The summed E-state index contributed by atoms with van der Waals surface area (Å²) in [6, 6.07) is 10.7. The molecule has 0 spiro atoms. The van der Waals surface area contributed by atoms with E-state index in [1.807, 2.05) is 18.2 Å². The van der Waals surface area contributed by atoms with Crippen molar-refractivity contribution < 1.29 is 19.4 Å². The lowest BCUT2D eigenvalue weighted by Crippen LogP contribution is -2.50. The fourth-order valence-electron chi connectivity index (χ4n) is 2.66. The van der Waals surface area contributed by atoms with Gasteiger partial charge in [-0.15, -0.1) is 0 Å². The van der Waals surface area contributed by atoms with Gasteiger partial charge in [0.25, 0.3) is 5.91 Å². The van der Waals surface area contributed by atoms with E-state index in [1.54, 1.807) is 23.1 Å². The highest BCUT2D eigenvalue weighted by Gasteiger charge is 2.24. The minimum atomic E-state index is -0.958. The van der Waals surface area contributed by atoms with Gasteiger partial charge in [-0.25, -0.2) is 9.78 Å². The average molecular weight is 376 g/mol. The van der Waals surface area contributed by atoms with Gasteiger partial charge in [-0.3, -0.25) is 4.79 Å². The van der Waals surface area contributed by atoms with Crippen LogP contribution in [0.2, 0.25) is 5.02 Å². The zero-order valence-electron chi connectivity index (χ0n) is 14.0. The predicted molar refractivity (Wildman–Crippen MR) is 95.5 cm³/mol. The third kappa shape index (κ3) is 4.43. The first-order valence-corrected chi connectivity index (χ1v) is 8.51. The van der Waals surface area contributed by atoms with Gasteiger partial charge in [-0.05, 0) is 23.8 Å². The number of ether oxygens (including phenoxy) is 1. The summed E-state index contributed by atoms with van der Waals surface area (Å²) in [6.45, 7) is 1.71. The number of amides is 2. The second-order valence-electron chi connectivity index (χ2n) is 5.87. The molecule has 1 fully saturated rings. The highest BCUT2D eigenvalue weighted by Crippen LogP contribution is 2.15. The van der Waals surface area contributed by atoms with E-state index >= 15 is 0 Å². The molecule has 1 saturated heterocycles. The molecule has 2 heterocycles. The summed E-state index contributed by atoms with van der Waals surface area (Å²) in [6.07, 6.45) is 0.513. The molecule has 8 heteroatoms. The number of carbonyl (C=O) groups excluding carboxylic acids is 1. The van der Waals surface area contributed by atoms with Crippen LogP contribution in [0, 0.1) is 0 Å². The van der Waals surface area contributed by atoms with E-state index in [2.05, 4.69) is 4.98 Å². The van der Waals surface area contributed by atoms with Crippen LogP contribution in [-0.2, 0) is 6.61 Å². The highest BCUT2D eigenvalue weighted by molar-refractivity contribution is 6.30. The van der Waals surface area contributed by atoms with E-state index in [-0.39, 0.29) is 5.91 Å². The monoisotopic (exact) mass is 375 g/mol.